The van der Waals surface area contributed by atoms with Gasteiger partial charge in [0.15, 0.2) is 11.0 Å². The topological polar surface area (TPSA) is 102 Å². The van der Waals surface area contributed by atoms with Crippen LogP contribution in [0, 0.1) is 0 Å². The number of benzene rings is 2. The van der Waals surface area contributed by atoms with Gasteiger partial charge in [0.2, 0.25) is 5.91 Å². The number of phenols is 1. The number of carbonyl (C=O) groups excluding carboxylic acids is 1. The Kier molecular flexibility index (Phi) is 6.13. The van der Waals surface area contributed by atoms with Gasteiger partial charge in [-0.15, -0.1) is 10.2 Å². The molecule has 2 N–H and O–H groups in total. The van der Waals surface area contributed by atoms with Crippen LogP contribution in [0.15, 0.2) is 78.2 Å². The molecule has 0 bridgehead atoms. The van der Waals surface area contributed by atoms with E-state index in [9.17, 15) is 9.90 Å². The molecule has 8 nitrogen and oxygen atoms in total. The van der Waals surface area contributed by atoms with Gasteiger partial charge in [-0.2, -0.15) is 0 Å². The average molecular weight is 433 g/mol. The molecule has 4 aromatic rings. The zero-order chi connectivity index (χ0) is 21.6. The summed E-state index contributed by atoms with van der Waals surface area (Å²) in [5, 5.41) is 21.5. The molecular formula is C22H19N5O3S. The maximum atomic E-state index is 12.4. The smallest absolute Gasteiger partial charge is 0.234 e. The predicted molar refractivity (Wildman–Crippen MR) is 119 cm³/mol. The van der Waals surface area contributed by atoms with Crippen LogP contribution in [0.5, 0.6) is 11.5 Å². The number of thioether (sulfide) groups is 1. The number of nitrogens with zero attached hydrogens (tertiary/aromatic N) is 4. The van der Waals surface area contributed by atoms with E-state index in [1.807, 2.05) is 41.0 Å². The molecule has 9 heteroatoms. The van der Waals surface area contributed by atoms with Crippen LogP contribution in [0.2, 0.25) is 0 Å². The summed E-state index contributed by atoms with van der Waals surface area (Å²) in [5.74, 6) is 1.35. The van der Waals surface area contributed by atoms with Gasteiger partial charge in [-0.3, -0.25) is 14.3 Å². The molecule has 0 spiro atoms. The Bertz CT molecular complexity index is 1180. The van der Waals surface area contributed by atoms with Crippen LogP contribution < -0.4 is 10.1 Å². The monoisotopic (exact) mass is 433 g/mol. The molecule has 0 unspecified atom stereocenters. The maximum Gasteiger partial charge on any atom is 0.234 e. The highest BCUT2D eigenvalue weighted by atomic mass is 32.2. The number of amides is 1. The first-order chi connectivity index (χ1) is 15.1. The Hall–Kier alpha value is -3.85. The number of pyridine rings is 1. The van der Waals surface area contributed by atoms with Crippen molar-refractivity contribution in [3.05, 3.63) is 73.1 Å². The molecular weight excluding hydrogens is 414 g/mol. The minimum absolute atomic E-state index is 0.0887. The zero-order valence-electron chi connectivity index (χ0n) is 16.6. The number of hydrogen-bond donors (Lipinski definition) is 2. The second-order valence-electron chi connectivity index (χ2n) is 6.47. The van der Waals surface area contributed by atoms with Gasteiger partial charge < -0.3 is 15.2 Å². The fourth-order valence-corrected chi connectivity index (χ4v) is 3.67. The van der Waals surface area contributed by atoms with Gasteiger partial charge in [0.25, 0.3) is 0 Å². The van der Waals surface area contributed by atoms with E-state index < -0.39 is 0 Å². The van der Waals surface area contributed by atoms with E-state index in [1.54, 1.807) is 37.7 Å². The van der Waals surface area contributed by atoms with Crippen LogP contribution in [0.4, 0.5) is 5.69 Å². The summed E-state index contributed by atoms with van der Waals surface area (Å²) in [6, 6.07) is 17.7. The maximum absolute atomic E-state index is 12.4. The Morgan fingerprint density at radius 2 is 1.97 bits per heavy atom. The molecule has 156 valence electrons. The number of methoxy groups -OCH3 is 1. The third-order valence-electron chi connectivity index (χ3n) is 4.35. The van der Waals surface area contributed by atoms with Crippen molar-refractivity contribution < 1.29 is 14.6 Å². The Labute approximate surface area is 182 Å². The number of aromatic hydroxyl groups is 1. The molecule has 0 saturated carbocycles. The Morgan fingerprint density at radius 3 is 2.68 bits per heavy atom. The van der Waals surface area contributed by atoms with Crippen molar-refractivity contribution in [2.24, 2.45) is 0 Å². The van der Waals surface area contributed by atoms with Crippen molar-refractivity contribution in [2.75, 3.05) is 18.2 Å². The Morgan fingerprint density at radius 1 is 1.13 bits per heavy atom. The van der Waals surface area contributed by atoms with Crippen LogP contribution in [0.1, 0.15) is 0 Å². The number of hydrogen-bond acceptors (Lipinski definition) is 7. The first-order valence-electron chi connectivity index (χ1n) is 9.36. The van der Waals surface area contributed by atoms with E-state index in [0.29, 0.717) is 16.7 Å². The molecule has 31 heavy (non-hydrogen) atoms. The molecule has 0 saturated heterocycles. The number of rotatable bonds is 7. The van der Waals surface area contributed by atoms with E-state index in [2.05, 4.69) is 20.5 Å². The van der Waals surface area contributed by atoms with Gasteiger partial charge in [0.05, 0.1) is 12.9 Å². The summed E-state index contributed by atoms with van der Waals surface area (Å²) in [7, 11) is 1.61. The van der Waals surface area contributed by atoms with E-state index in [0.717, 1.165) is 17.0 Å². The van der Waals surface area contributed by atoms with E-state index in [4.69, 9.17) is 4.74 Å². The summed E-state index contributed by atoms with van der Waals surface area (Å²) in [5.41, 5.74) is 2.17. The lowest BCUT2D eigenvalue weighted by atomic mass is 10.2. The highest BCUT2D eigenvalue weighted by molar-refractivity contribution is 7.99. The molecule has 0 atom stereocenters. The van der Waals surface area contributed by atoms with Crippen molar-refractivity contribution in [3.8, 4) is 28.6 Å². The third-order valence-corrected chi connectivity index (χ3v) is 5.27. The Balaban J connectivity index is 1.59. The van der Waals surface area contributed by atoms with Crippen LogP contribution in [-0.2, 0) is 4.79 Å². The van der Waals surface area contributed by atoms with Crippen LogP contribution in [0.25, 0.3) is 17.1 Å². The summed E-state index contributed by atoms with van der Waals surface area (Å²) in [4.78, 5) is 16.6. The van der Waals surface area contributed by atoms with Crippen molar-refractivity contribution in [3.63, 3.8) is 0 Å². The first kappa shape index (κ1) is 20.4. The number of phenolic OH excluding ortho intramolecular Hbond substituents is 1. The quantitative estimate of drug-likeness (QED) is 0.428. The summed E-state index contributed by atoms with van der Waals surface area (Å²) in [6.45, 7) is 0. The zero-order valence-corrected chi connectivity index (χ0v) is 17.4. The molecule has 4 rings (SSSR count). The highest BCUT2D eigenvalue weighted by Gasteiger charge is 2.17. The summed E-state index contributed by atoms with van der Waals surface area (Å²) < 4.78 is 7.13. The van der Waals surface area contributed by atoms with Gasteiger partial charge in [-0.1, -0.05) is 17.8 Å². The van der Waals surface area contributed by atoms with Gasteiger partial charge in [-0.25, -0.2) is 0 Å². The average Bonchev–Trinajstić information content (AvgIpc) is 3.22. The first-order valence-corrected chi connectivity index (χ1v) is 10.3. The molecule has 0 aliphatic heterocycles. The third kappa shape index (κ3) is 4.84. The minimum Gasteiger partial charge on any atom is -0.508 e. The molecule has 2 aromatic carbocycles. The summed E-state index contributed by atoms with van der Waals surface area (Å²) in [6.07, 6.45) is 3.41. The number of aromatic nitrogens is 4. The van der Waals surface area contributed by atoms with Crippen molar-refractivity contribution in [1.29, 1.82) is 0 Å². The number of carbonyl (C=O) groups is 1. The standard InChI is InChI=1S/C22H19N5O3S/c1-30-19-9-7-17(8-10-19)27-21(15-4-3-11-23-13-15)25-26-22(27)31-14-20(29)24-16-5-2-6-18(28)12-16/h2-13,28H,14H2,1H3,(H,24,29). The SMILES string of the molecule is COc1ccc(-n2c(SCC(=O)Nc3cccc(O)c3)nnc2-c2cccnc2)cc1. The van der Waals surface area contributed by atoms with Crippen molar-refractivity contribution >= 4 is 23.4 Å². The van der Waals surface area contributed by atoms with E-state index in [-0.39, 0.29) is 17.4 Å². The lowest BCUT2D eigenvalue weighted by Gasteiger charge is -2.11. The molecule has 1 amide bonds. The van der Waals surface area contributed by atoms with Crippen LogP contribution in [0.3, 0.4) is 0 Å². The summed E-state index contributed by atoms with van der Waals surface area (Å²) >= 11 is 1.26. The normalized spacial score (nSPS) is 10.6. The molecule has 0 aliphatic carbocycles. The number of nitrogens with one attached hydrogen (secondary N) is 1. The number of ether oxygens (including phenoxy) is 1. The fraction of sp³-hybridized carbons (Fsp3) is 0.0909. The lowest BCUT2D eigenvalue weighted by molar-refractivity contribution is -0.113. The molecule has 0 radical (unpaired) electrons. The van der Waals surface area contributed by atoms with Gasteiger partial charge >= 0.3 is 0 Å². The molecule has 0 aliphatic rings. The van der Waals surface area contributed by atoms with Crippen LogP contribution >= 0.6 is 11.8 Å². The second-order valence-corrected chi connectivity index (χ2v) is 7.41. The molecule has 2 heterocycles. The van der Waals surface area contributed by atoms with Gasteiger partial charge in [0.1, 0.15) is 11.5 Å². The number of anilines is 1. The van der Waals surface area contributed by atoms with Crippen molar-refractivity contribution in [2.45, 2.75) is 5.16 Å². The highest BCUT2D eigenvalue weighted by Crippen LogP contribution is 2.28. The fourth-order valence-electron chi connectivity index (χ4n) is 2.92. The van der Waals surface area contributed by atoms with Gasteiger partial charge in [0, 0.05) is 35.4 Å². The lowest BCUT2D eigenvalue weighted by Crippen LogP contribution is -2.14. The van der Waals surface area contributed by atoms with Crippen molar-refractivity contribution in [1.82, 2.24) is 19.7 Å². The predicted octanol–water partition coefficient (Wildman–Crippen LogP) is 3.77. The minimum atomic E-state index is -0.220. The van der Waals surface area contributed by atoms with E-state index in [1.165, 1.54) is 17.8 Å². The van der Waals surface area contributed by atoms with Gasteiger partial charge in [-0.05, 0) is 48.5 Å². The second kappa shape index (κ2) is 9.31. The van der Waals surface area contributed by atoms with E-state index >= 15 is 0 Å². The van der Waals surface area contributed by atoms with Crippen LogP contribution in [-0.4, -0.2) is 43.6 Å². The molecule has 2 aromatic heterocycles. The molecule has 0 fully saturated rings. The largest absolute Gasteiger partial charge is 0.508 e.